The molecule has 0 spiro atoms. The van der Waals surface area contributed by atoms with Crippen LogP contribution in [0.1, 0.15) is 30.3 Å². The van der Waals surface area contributed by atoms with Gasteiger partial charge in [-0.3, -0.25) is 9.10 Å². The number of ether oxygens (including phenoxy) is 1. The van der Waals surface area contributed by atoms with E-state index in [2.05, 4.69) is 0 Å². The summed E-state index contributed by atoms with van der Waals surface area (Å²) < 4.78 is 64.1. The average Bonchev–Trinajstić information content (AvgIpc) is 3.46. The maximum Gasteiger partial charge on any atom is 0.264 e. The van der Waals surface area contributed by atoms with Gasteiger partial charge in [-0.1, -0.05) is 35.9 Å². The van der Waals surface area contributed by atoms with E-state index in [9.17, 15) is 17.6 Å². The van der Waals surface area contributed by atoms with Crippen LogP contribution in [0.4, 0.5) is 14.5 Å². The number of likely N-dealkylation sites (N-methyl/N-ethyl adjacent to an activating group) is 1. The quantitative estimate of drug-likeness (QED) is 0.170. The Morgan fingerprint density at radius 1 is 1.02 bits per heavy atom. The molecule has 1 atom stereocenters. The number of hydrogen-bond donors (Lipinski definition) is 0. The molecule has 0 aliphatic carbocycles. The SMILES string of the molecule is CCN(CCOc1ccccc1C(C)N(c1cc(F)ccc1F)S(=O)(=O)c1ccc(Cl)cc1)C(=O)Cc1cccs1. The molecule has 4 rings (SSSR count). The first-order valence-corrected chi connectivity index (χ1v) is 15.6. The van der Waals surface area contributed by atoms with Crippen LogP contribution < -0.4 is 9.04 Å². The van der Waals surface area contributed by atoms with Crippen LogP contribution in [0.25, 0.3) is 0 Å². The van der Waals surface area contributed by atoms with Crippen LogP contribution in [-0.2, 0) is 21.2 Å². The fourth-order valence-electron chi connectivity index (χ4n) is 4.40. The minimum absolute atomic E-state index is 0.0259. The van der Waals surface area contributed by atoms with Gasteiger partial charge in [-0.15, -0.1) is 11.3 Å². The molecule has 1 unspecified atom stereocenters. The van der Waals surface area contributed by atoms with Gasteiger partial charge in [0.2, 0.25) is 5.91 Å². The third-order valence-electron chi connectivity index (χ3n) is 6.50. The van der Waals surface area contributed by atoms with Gasteiger partial charge in [0.25, 0.3) is 10.0 Å². The van der Waals surface area contributed by atoms with Crippen LogP contribution in [0.15, 0.2) is 89.1 Å². The highest BCUT2D eigenvalue weighted by Crippen LogP contribution is 2.38. The number of halogens is 3. The van der Waals surface area contributed by atoms with Crippen molar-refractivity contribution in [3.8, 4) is 5.75 Å². The lowest BCUT2D eigenvalue weighted by molar-refractivity contribution is -0.130. The molecule has 0 fully saturated rings. The molecule has 216 valence electrons. The summed E-state index contributed by atoms with van der Waals surface area (Å²) in [4.78, 5) is 15.3. The minimum atomic E-state index is -4.39. The molecule has 4 aromatic rings. The highest BCUT2D eigenvalue weighted by atomic mass is 35.5. The number of amides is 1. The average molecular weight is 619 g/mol. The van der Waals surface area contributed by atoms with Crippen molar-refractivity contribution in [2.45, 2.75) is 31.2 Å². The molecule has 0 saturated heterocycles. The number of carbonyl (C=O) groups excluding carboxylic acids is 1. The third kappa shape index (κ3) is 7.25. The van der Waals surface area contributed by atoms with Gasteiger partial charge in [0, 0.05) is 28.1 Å². The topological polar surface area (TPSA) is 66.9 Å². The van der Waals surface area contributed by atoms with Crippen LogP contribution in [0.2, 0.25) is 5.02 Å². The van der Waals surface area contributed by atoms with Crippen molar-refractivity contribution in [3.05, 3.63) is 111 Å². The van der Waals surface area contributed by atoms with E-state index in [1.165, 1.54) is 35.6 Å². The van der Waals surface area contributed by atoms with E-state index in [1.54, 1.807) is 36.1 Å². The summed E-state index contributed by atoms with van der Waals surface area (Å²) in [6.07, 6.45) is 0.301. The third-order valence-corrected chi connectivity index (χ3v) is 9.52. The van der Waals surface area contributed by atoms with Crippen LogP contribution in [-0.4, -0.2) is 38.9 Å². The second-order valence-electron chi connectivity index (χ2n) is 9.14. The molecule has 11 heteroatoms. The first-order valence-electron chi connectivity index (χ1n) is 12.9. The van der Waals surface area contributed by atoms with Gasteiger partial charge in [-0.05, 0) is 67.8 Å². The smallest absolute Gasteiger partial charge is 0.264 e. The number of nitrogens with zero attached hydrogens (tertiary/aromatic N) is 2. The maximum atomic E-state index is 15.1. The van der Waals surface area contributed by atoms with Crippen LogP contribution >= 0.6 is 22.9 Å². The van der Waals surface area contributed by atoms with E-state index in [0.717, 1.165) is 27.4 Å². The largest absolute Gasteiger partial charge is 0.491 e. The molecule has 0 aliphatic heterocycles. The second kappa shape index (κ2) is 13.5. The molecule has 1 heterocycles. The summed E-state index contributed by atoms with van der Waals surface area (Å²) in [7, 11) is -4.39. The number of rotatable bonds is 12. The zero-order valence-electron chi connectivity index (χ0n) is 22.5. The van der Waals surface area contributed by atoms with E-state index >= 15 is 4.39 Å². The zero-order valence-corrected chi connectivity index (χ0v) is 24.9. The number of para-hydroxylation sites is 1. The summed E-state index contributed by atoms with van der Waals surface area (Å²) in [5.74, 6) is -1.37. The summed E-state index contributed by atoms with van der Waals surface area (Å²) in [5, 5.41) is 2.25. The molecule has 1 amide bonds. The van der Waals surface area contributed by atoms with Gasteiger partial charge < -0.3 is 9.64 Å². The lowest BCUT2D eigenvalue weighted by atomic mass is 10.1. The molecule has 1 aromatic heterocycles. The van der Waals surface area contributed by atoms with Crippen molar-refractivity contribution >= 4 is 44.6 Å². The van der Waals surface area contributed by atoms with Crippen LogP contribution in [0.5, 0.6) is 5.75 Å². The predicted molar refractivity (Wildman–Crippen MR) is 158 cm³/mol. The Hall–Kier alpha value is -3.47. The lowest BCUT2D eigenvalue weighted by Crippen LogP contribution is -2.36. The lowest BCUT2D eigenvalue weighted by Gasteiger charge is -2.32. The number of carbonyl (C=O) groups is 1. The Balaban J connectivity index is 1.62. The first-order chi connectivity index (χ1) is 19.6. The van der Waals surface area contributed by atoms with Crippen molar-refractivity contribution in [1.29, 1.82) is 0 Å². The number of sulfonamides is 1. The van der Waals surface area contributed by atoms with Crippen molar-refractivity contribution in [1.82, 2.24) is 4.90 Å². The van der Waals surface area contributed by atoms with Crippen molar-refractivity contribution < 1.29 is 26.7 Å². The van der Waals surface area contributed by atoms with Gasteiger partial charge in [0.15, 0.2) is 0 Å². The van der Waals surface area contributed by atoms with Crippen molar-refractivity contribution in [2.75, 3.05) is 24.0 Å². The number of benzene rings is 3. The van der Waals surface area contributed by atoms with Gasteiger partial charge in [-0.2, -0.15) is 0 Å². The number of hydrogen-bond acceptors (Lipinski definition) is 5. The van der Waals surface area contributed by atoms with E-state index < -0.39 is 33.4 Å². The Morgan fingerprint density at radius 2 is 1.76 bits per heavy atom. The molecule has 6 nitrogen and oxygen atoms in total. The predicted octanol–water partition coefficient (Wildman–Crippen LogP) is 7.11. The molecule has 0 N–H and O–H groups in total. The van der Waals surface area contributed by atoms with Crippen molar-refractivity contribution in [2.24, 2.45) is 0 Å². The number of thiophene rings is 1. The standard InChI is InChI=1S/C30H29ClF2N2O4S2/c1-3-34(30(36)20-24-7-6-18-40-24)16-17-39-29-9-5-4-8-26(29)21(2)35(28-19-23(32)12-15-27(28)33)41(37,38)25-13-10-22(31)11-14-25/h4-15,18-19,21H,3,16-17,20H2,1-2H3. The fraction of sp³-hybridized carbons (Fsp3) is 0.233. The van der Waals surface area contributed by atoms with Gasteiger partial charge >= 0.3 is 0 Å². The Labute approximate surface area is 247 Å². The first kappa shape index (κ1) is 30.5. The zero-order chi connectivity index (χ0) is 29.6. The fourth-order valence-corrected chi connectivity index (χ4v) is 6.86. The molecule has 0 radical (unpaired) electrons. The molecule has 0 aliphatic rings. The summed E-state index contributed by atoms with van der Waals surface area (Å²) in [6.45, 7) is 4.41. The molecule has 3 aromatic carbocycles. The van der Waals surface area contributed by atoms with Crippen LogP contribution in [0, 0.1) is 11.6 Å². The highest BCUT2D eigenvalue weighted by molar-refractivity contribution is 7.92. The van der Waals surface area contributed by atoms with Gasteiger partial charge in [0.05, 0.1) is 29.6 Å². The van der Waals surface area contributed by atoms with E-state index in [-0.39, 0.29) is 17.4 Å². The maximum absolute atomic E-state index is 15.1. The summed E-state index contributed by atoms with van der Waals surface area (Å²) in [5.41, 5.74) is -0.0137. The number of anilines is 1. The summed E-state index contributed by atoms with van der Waals surface area (Å²) in [6, 6.07) is 17.7. The van der Waals surface area contributed by atoms with E-state index in [0.29, 0.717) is 35.8 Å². The van der Waals surface area contributed by atoms with Gasteiger partial charge in [-0.25, -0.2) is 17.2 Å². The van der Waals surface area contributed by atoms with Crippen LogP contribution in [0.3, 0.4) is 0 Å². The molecule has 0 bridgehead atoms. The van der Waals surface area contributed by atoms with E-state index in [4.69, 9.17) is 16.3 Å². The Bertz CT molecular complexity index is 1580. The van der Waals surface area contributed by atoms with Crippen molar-refractivity contribution in [3.63, 3.8) is 0 Å². The Kier molecular flexibility index (Phi) is 10.0. The summed E-state index contributed by atoms with van der Waals surface area (Å²) >= 11 is 7.48. The molecular weight excluding hydrogens is 590 g/mol. The molecule has 41 heavy (non-hydrogen) atoms. The highest BCUT2D eigenvalue weighted by Gasteiger charge is 2.34. The molecular formula is C30H29ClF2N2O4S2. The second-order valence-corrected chi connectivity index (χ2v) is 12.4. The van der Waals surface area contributed by atoms with E-state index in [1.807, 2.05) is 24.4 Å². The normalized spacial score (nSPS) is 12.1. The molecule has 0 saturated carbocycles. The Morgan fingerprint density at radius 3 is 2.44 bits per heavy atom. The minimum Gasteiger partial charge on any atom is -0.491 e. The monoisotopic (exact) mass is 618 g/mol. The van der Waals surface area contributed by atoms with Gasteiger partial charge in [0.1, 0.15) is 24.0 Å².